The van der Waals surface area contributed by atoms with Crippen LogP contribution in [-0.4, -0.2) is 15.7 Å². The molecule has 0 aliphatic heterocycles. The summed E-state index contributed by atoms with van der Waals surface area (Å²) in [6, 6.07) is 9.09. The second-order valence-electron chi connectivity index (χ2n) is 3.59. The summed E-state index contributed by atoms with van der Waals surface area (Å²) in [6.07, 6.45) is 1.46. The van der Waals surface area contributed by atoms with Crippen LogP contribution in [0.25, 0.3) is 0 Å². The van der Waals surface area contributed by atoms with E-state index in [-0.39, 0.29) is 28.7 Å². The van der Waals surface area contributed by atoms with E-state index in [1.165, 1.54) is 18.3 Å². The van der Waals surface area contributed by atoms with Gasteiger partial charge in [-0.05, 0) is 18.2 Å². The number of para-hydroxylation sites is 2. The van der Waals surface area contributed by atoms with Crippen LogP contribution in [0.15, 0.2) is 42.6 Å². The van der Waals surface area contributed by atoms with Crippen molar-refractivity contribution in [3.8, 4) is 11.5 Å². The molecule has 3 N–H and O–H groups in total. The van der Waals surface area contributed by atoms with Crippen molar-refractivity contribution in [3.63, 3.8) is 0 Å². The number of ether oxygens (including phenoxy) is 1. The molecular weight excluding hydrogens is 248 g/mol. The lowest BCUT2D eigenvalue weighted by molar-refractivity contribution is -0.385. The maximum absolute atomic E-state index is 10.9. The van der Waals surface area contributed by atoms with Gasteiger partial charge in [0.15, 0.2) is 5.75 Å². The van der Waals surface area contributed by atoms with E-state index in [1.54, 1.807) is 24.3 Å². The molecule has 1 heterocycles. The Morgan fingerprint density at radius 1 is 1.26 bits per heavy atom. The third-order valence-corrected chi connectivity index (χ3v) is 2.31. The topological polar surface area (TPSA) is 115 Å². The van der Waals surface area contributed by atoms with Gasteiger partial charge < -0.3 is 10.5 Å². The summed E-state index contributed by atoms with van der Waals surface area (Å²) >= 11 is 0. The highest BCUT2D eigenvalue weighted by molar-refractivity contribution is 5.95. The second kappa shape index (κ2) is 5.13. The zero-order valence-electron chi connectivity index (χ0n) is 9.74. The molecule has 0 saturated carbocycles. The zero-order valence-corrected chi connectivity index (χ0v) is 9.74. The van der Waals surface area contributed by atoms with E-state index < -0.39 is 4.92 Å². The summed E-state index contributed by atoms with van der Waals surface area (Å²) in [5.41, 5.74) is 5.35. The lowest BCUT2D eigenvalue weighted by Gasteiger charge is -2.09. The molecule has 96 valence electrons. The average molecular weight is 258 g/mol. The van der Waals surface area contributed by atoms with Gasteiger partial charge in [-0.15, -0.1) is 0 Å². The number of nitro benzene ring substituents is 1. The number of nitrogens with zero attached hydrogens (tertiary/aromatic N) is 2. The van der Waals surface area contributed by atoms with Gasteiger partial charge in [0.05, 0.1) is 4.92 Å². The molecule has 0 fully saturated rings. The molecule has 0 aliphatic rings. The Labute approximate surface area is 108 Å². The van der Waals surface area contributed by atoms with Gasteiger partial charge in [0.25, 0.3) is 0 Å². The van der Waals surface area contributed by atoms with E-state index in [9.17, 15) is 10.1 Å². The first-order valence-corrected chi connectivity index (χ1v) is 5.30. The minimum Gasteiger partial charge on any atom is -0.448 e. The highest BCUT2D eigenvalue weighted by Gasteiger charge is 2.16. The third-order valence-electron chi connectivity index (χ3n) is 2.31. The maximum Gasteiger partial charge on any atom is 0.311 e. The first kappa shape index (κ1) is 12.5. The normalized spacial score (nSPS) is 9.89. The van der Waals surface area contributed by atoms with Gasteiger partial charge in [-0.3, -0.25) is 15.5 Å². The number of nitrogens with one attached hydrogen (secondary N) is 1. The van der Waals surface area contributed by atoms with E-state index in [0.717, 1.165) is 0 Å². The summed E-state index contributed by atoms with van der Waals surface area (Å²) in [5, 5.41) is 18.3. The van der Waals surface area contributed by atoms with E-state index in [1.807, 2.05) is 0 Å². The van der Waals surface area contributed by atoms with Crippen molar-refractivity contribution in [2.24, 2.45) is 5.73 Å². The Bertz CT molecular complexity index is 587. The van der Waals surface area contributed by atoms with Crippen molar-refractivity contribution in [1.29, 1.82) is 5.41 Å². The number of benzene rings is 1. The summed E-state index contributed by atoms with van der Waals surface area (Å²) in [6.45, 7) is 0. The van der Waals surface area contributed by atoms with Gasteiger partial charge in [0, 0.05) is 12.3 Å². The fourth-order valence-corrected chi connectivity index (χ4v) is 1.49. The molecule has 0 aliphatic carbocycles. The smallest absolute Gasteiger partial charge is 0.311 e. The largest absolute Gasteiger partial charge is 0.448 e. The van der Waals surface area contributed by atoms with E-state index in [0.29, 0.717) is 0 Å². The van der Waals surface area contributed by atoms with Crippen LogP contribution < -0.4 is 10.5 Å². The first-order valence-electron chi connectivity index (χ1n) is 5.30. The Kier molecular flexibility index (Phi) is 3.37. The van der Waals surface area contributed by atoms with Crippen molar-refractivity contribution >= 4 is 11.5 Å². The zero-order chi connectivity index (χ0) is 13.8. The van der Waals surface area contributed by atoms with Gasteiger partial charge >= 0.3 is 5.69 Å². The van der Waals surface area contributed by atoms with Gasteiger partial charge in [-0.2, -0.15) is 0 Å². The van der Waals surface area contributed by atoms with Crippen LogP contribution in [0.1, 0.15) is 5.69 Å². The van der Waals surface area contributed by atoms with Crippen molar-refractivity contribution in [2.75, 3.05) is 0 Å². The number of hydrogen-bond acceptors (Lipinski definition) is 5. The van der Waals surface area contributed by atoms with Gasteiger partial charge in [-0.1, -0.05) is 12.1 Å². The number of amidine groups is 1. The molecule has 0 atom stereocenters. The van der Waals surface area contributed by atoms with Gasteiger partial charge in [0.1, 0.15) is 11.5 Å². The number of pyridine rings is 1. The third kappa shape index (κ3) is 2.65. The molecule has 2 rings (SSSR count). The van der Waals surface area contributed by atoms with Crippen LogP contribution in [0.5, 0.6) is 11.5 Å². The standard InChI is InChI=1S/C12H10N4O3/c13-12(14)11-10(6-3-7-15-11)19-9-5-2-1-4-8(9)16(17)18/h1-7H,(H3,13,14). The highest BCUT2D eigenvalue weighted by Crippen LogP contribution is 2.31. The summed E-state index contributed by atoms with van der Waals surface area (Å²) in [7, 11) is 0. The number of nitro groups is 1. The molecule has 0 spiro atoms. The molecule has 0 amide bonds. The van der Waals surface area contributed by atoms with Gasteiger partial charge in [0.2, 0.25) is 5.75 Å². The van der Waals surface area contributed by atoms with Crippen molar-refractivity contribution in [3.05, 3.63) is 58.4 Å². The molecular formula is C12H10N4O3. The molecule has 0 bridgehead atoms. The fourth-order valence-electron chi connectivity index (χ4n) is 1.49. The van der Waals surface area contributed by atoms with Crippen molar-refractivity contribution < 1.29 is 9.66 Å². The summed E-state index contributed by atoms with van der Waals surface area (Å²) in [4.78, 5) is 14.2. The van der Waals surface area contributed by atoms with Crippen LogP contribution in [0, 0.1) is 15.5 Å². The quantitative estimate of drug-likeness (QED) is 0.377. The number of aromatic nitrogens is 1. The second-order valence-corrected chi connectivity index (χ2v) is 3.59. The first-order chi connectivity index (χ1) is 9.09. The van der Waals surface area contributed by atoms with E-state index in [2.05, 4.69) is 4.98 Å². The van der Waals surface area contributed by atoms with Crippen molar-refractivity contribution in [2.45, 2.75) is 0 Å². The Hall–Kier alpha value is -2.96. The van der Waals surface area contributed by atoms with Crippen LogP contribution in [0.2, 0.25) is 0 Å². The minimum absolute atomic E-state index is 0.0722. The summed E-state index contributed by atoms with van der Waals surface area (Å²) < 4.78 is 5.44. The SMILES string of the molecule is N=C(N)c1ncccc1Oc1ccccc1[N+](=O)[O-]. The number of nitrogens with two attached hydrogens (primary N) is 1. The predicted molar refractivity (Wildman–Crippen MR) is 68.4 cm³/mol. The monoisotopic (exact) mass is 258 g/mol. The molecule has 2 aromatic rings. The molecule has 0 radical (unpaired) electrons. The Morgan fingerprint density at radius 3 is 2.63 bits per heavy atom. The van der Waals surface area contributed by atoms with Crippen LogP contribution in [0.4, 0.5) is 5.69 Å². The number of hydrogen-bond donors (Lipinski definition) is 2. The fraction of sp³-hybridized carbons (Fsp3) is 0. The molecule has 1 aromatic heterocycles. The molecule has 1 aromatic carbocycles. The van der Waals surface area contributed by atoms with Crippen LogP contribution in [0.3, 0.4) is 0 Å². The Balaban J connectivity index is 2.42. The molecule has 7 heteroatoms. The number of nitrogen functional groups attached to an aromatic ring is 1. The highest BCUT2D eigenvalue weighted by atomic mass is 16.6. The van der Waals surface area contributed by atoms with Gasteiger partial charge in [-0.25, -0.2) is 4.98 Å². The molecule has 7 nitrogen and oxygen atoms in total. The molecule has 0 saturated heterocycles. The van der Waals surface area contributed by atoms with Crippen molar-refractivity contribution in [1.82, 2.24) is 4.98 Å². The lowest BCUT2D eigenvalue weighted by Crippen LogP contribution is -2.14. The van der Waals surface area contributed by atoms with Crippen LogP contribution in [-0.2, 0) is 0 Å². The van der Waals surface area contributed by atoms with E-state index in [4.69, 9.17) is 15.9 Å². The maximum atomic E-state index is 10.9. The predicted octanol–water partition coefficient (Wildman–Crippen LogP) is 2.07. The molecule has 0 unspecified atom stereocenters. The van der Waals surface area contributed by atoms with E-state index >= 15 is 0 Å². The summed E-state index contributed by atoms with van der Waals surface area (Å²) in [5.74, 6) is 0.00137. The number of rotatable bonds is 4. The van der Waals surface area contributed by atoms with Crippen LogP contribution >= 0.6 is 0 Å². The minimum atomic E-state index is -0.543. The lowest BCUT2D eigenvalue weighted by atomic mass is 10.2. The molecule has 19 heavy (non-hydrogen) atoms. The average Bonchev–Trinajstić information content (AvgIpc) is 2.39. The Morgan fingerprint density at radius 2 is 1.95 bits per heavy atom.